The maximum Gasteiger partial charge on any atom is 0.168 e. The van der Waals surface area contributed by atoms with Gasteiger partial charge in [0.1, 0.15) is 0 Å². The number of nitrogens with zero attached hydrogens (tertiary/aromatic N) is 1. The molecule has 1 atom stereocenters. The standard InChI is InChI=1S/C13H21ClN2O/c1-3-5-11(7-8-14)10-16-13-12(17-2)6-4-9-15-13/h4,6,9,11H,3,5,7-8,10H2,1-2H3,(H,15,16). The third-order valence-electron chi connectivity index (χ3n) is 2.76. The maximum absolute atomic E-state index is 5.80. The van der Waals surface area contributed by atoms with Gasteiger partial charge < -0.3 is 10.1 Å². The van der Waals surface area contributed by atoms with Crippen LogP contribution in [-0.4, -0.2) is 24.5 Å². The monoisotopic (exact) mass is 256 g/mol. The minimum absolute atomic E-state index is 0.601. The van der Waals surface area contributed by atoms with E-state index in [1.165, 1.54) is 12.8 Å². The predicted octanol–water partition coefficient (Wildman–Crippen LogP) is 3.55. The number of halogens is 1. The van der Waals surface area contributed by atoms with Gasteiger partial charge in [-0.15, -0.1) is 11.6 Å². The number of aromatic nitrogens is 1. The van der Waals surface area contributed by atoms with Gasteiger partial charge in [0.15, 0.2) is 11.6 Å². The topological polar surface area (TPSA) is 34.2 Å². The Hall–Kier alpha value is -0.960. The fourth-order valence-electron chi connectivity index (χ4n) is 1.84. The Labute approximate surface area is 109 Å². The number of anilines is 1. The molecule has 1 N–H and O–H groups in total. The molecule has 96 valence electrons. The highest BCUT2D eigenvalue weighted by atomic mass is 35.5. The van der Waals surface area contributed by atoms with E-state index in [4.69, 9.17) is 16.3 Å². The van der Waals surface area contributed by atoms with Crippen LogP contribution in [0.2, 0.25) is 0 Å². The molecule has 0 aromatic carbocycles. The molecule has 0 aliphatic carbocycles. The van der Waals surface area contributed by atoms with Crippen LogP contribution in [0.25, 0.3) is 0 Å². The van der Waals surface area contributed by atoms with Gasteiger partial charge in [-0.1, -0.05) is 13.3 Å². The van der Waals surface area contributed by atoms with Crippen LogP contribution < -0.4 is 10.1 Å². The van der Waals surface area contributed by atoms with Crippen LogP contribution in [0.15, 0.2) is 18.3 Å². The summed E-state index contributed by atoms with van der Waals surface area (Å²) >= 11 is 5.80. The molecule has 3 nitrogen and oxygen atoms in total. The first-order chi connectivity index (χ1) is 8.31. The summed E-state index contributed by atoms with van der Waals surface area (Å²) in [6.07, 6.45) is 5.18. The molecule has 1 rings (SSSR count). The molecule has 0 radical (unpaired) electrons. The predicted molar refractivity (Wildman–Crippen MR) is 73.0 cm³/mol. The summed E-state index contributed by atoms with van der Waals surface area (Å²) in [6, 6.07) is 3.78. The van der Waals surface area contributed by atoms with Gasteiger partial charge in [-0.3, -0.25) is 0 Å². The van der Waals surface area contributed by atoms with Crippen molar-refractivity contribution < 1.29 is 4.74 Å². The number of hydrogen-bond donors (Lipinski definition) is 1. The van der Waals surface area contributed by atoms with Gasteiger partial charge >= 0.3 is 0 Å². The molecule has 0 fully saturated rings. The van der Waals surface area contributed by atoms with Gasteiger partial charge in [-0.05, 0) is 30.9 Å². The van der Waals surface area contributed by atoms with Crippen LogP contribution in [-0.2, 0) is 0 Å². The molecule has 1 aromatic heterocycles. The lowest BCUT2D eigenvalue weighted by Gasteiger charge is -2.17. The number of ether oxygens (including phenoxy) is 1. The first kappa shape index (κ1) is 14.1. The molecule has 0 bridgehead atoms. The number of alkyl halides is 1. The minimum atomic E-state index is 0.601. The van der Waals surface area contributed by atoms with Crippen molar-refractivity contribution in [1.29, 1.82) is 0 Å². The zero-order valence-electron chi connectivity index (χ0n) is 10.6. The van der Waals surface area contributed by atoms with E-state index in [1.807, 2.05) is 12.1 Å². The van der Waals surface area contributed by atoms with Crippen LogP contribution in [0.4, 0.5) is 5.82 Å². The second-order valence-corrected chi connectivity index (χ2v) is 4.45. The summed E-state index contributed by atoms with van der Waals surface area (Å²) in [6.45, 7) is 3.09. The molecule has 1 aromatic rings. The highest BCUT2D eigenvalue weighted by Crippen LogP contribution is 2.21. The van der Waals surface area contributed by atoms with Gasteiger partial charge in [0, 0.05) is 18.6 Å². The Morgan fingerprint density at radius 1 is 1.47 bits per heavy atom. The largest absolute Gasteiger partial charge is 0.493 e. The summed E-state index contributed by atoms with van der Waals surface area (Å²) in [5.41, 5.74) is 0. The van der Waals surface area contributed by atoms with Crippen molar-refractivity contribution in [3.8, 4) is 5.75 Å². The van der Waals surface area contributed by atoms with E-state index in [-0.39, 0.29) is 0 Å². The Kier molecular flexibility index (Phi) is 6.78. The fourth-order valence-corrected chi connectivity index (χ4v) is 2.15. The van der Waals surface area contributed by atoms with Gasteiger partial charge in [-0.25, -0.2) is 4.98 Å². The average molecular weight is 257 g/mol. The van der Waals surface area contributed by atoms with Crippen LogP contribution in [0.1, 0.15) is 26.2 Å². The average Bonchev–Trinajstić information content (AvgIpc) is 2.37. The quantitative estimate of drug-likeness (QED) is 0.723. The zero-order chi connectivity index (χ0) is 12.5. The zero-order valence-corrected chi connectivity index (χ0v) is 11.3. The molecule has 0 amide bonds. The molecule has 0 saturated heterocycles. The smallest absolute Gasteiger partial charge is 0.168 e. The van der Waals surface area contributed by atoms with Crippen molar-refractivity contribution in [2.75, 3.05) is 24.9 Å². The molecule has 0 spiro atoms. The lowest BCUT2D eigenvalue weighted by atomic mass is 10.0. The van der Waals surface area contributed by atoms with Gasteiger partial charge in [0.25, 0.3) is 0 Å². The van der Waals surface area contributed by atoms with Gasteiger partial charge in [0.05, 0.1) is 7.11 Å². The molecule has 4 heteroatoms. The number of methoxy groups -OCH3 is 1. The van der Waals surface area contributed by atoms with Gasteiger partial charge in [-0.2, -0.15) is 0 Å². The molecule has 0 saturated carbocycles. The summed E-state index contributed by atoms with van der Waals surface area (Å²) in [5.74, 6) is 2.91. The van der Waals surface area contributed by atoms with Crippen molar-refractivity contribution in [2.24, 2.45) is 5.92 Å². The number of hydrogen-bond acceptors (Lipinski definition) is 3. The van der Waals surface area contributed by atoms with Crippen molar-refractivity contribution in [3.05, 3.63) is 18.3 Å². The second kappa shape index (κ2) is 8.18. The lowest BCUT2D eigenvalue weighted by Crippen LogP contribution is -2.16. The fraction of sp³-hybridized carbons (Fsp3) is 0.615. The summed E-state index contributed by atoms with van der Waals surface area (Å²) < 4.78 is 5.25. The van der Waals surface area contributed by atoms with Crippen LogP contribution >= 0.6 is 11.6 Å². The molecule has 0 aliphatic heterocycles. The summed E-state index contributed by atoms with van der Waals surface area (Å²) in [7, 11) is 1.66. The Morgan fingerprint density at radius 2 is 2.29 bits per heavy atom. The van der Waals surface area contributed by atoms with Crippen molar-refractivity contribution in [2.45, 2.75) is 26.2 Å². The normalized spacial score (nSPS) is 12.2. The van der Waals surface area contributed by atoms with Gasteiger partial charge in [0.2, 0.25) is 0 Å². The first-order valence-corrected chi connectivity index (χ1v) is 6.64. The molecular formula is C13H21ClN2O. The van der Waals surface area contributed by atoms with E-state index in [0.717, 1.165) is 24.5 Å². The molecule has 0 aliphatic rings. The van der Waals surface area contributed by atoms with Crippen LogP contribution in [0, 0.1) is 5.92 Å². The second-order valence-electron chi connectivity index (χ2n) is 4.07. The minimum Gasteiger partial charge on any atom is -0.493 e. The van der Waals surface area contributed by atoms with Crippen LogP contribution in [0.5, 0.6) is 5.75 Å². The molecular weight excluding hydrogens is 236 g/mol. The molecule has 1 unspecified atom stereocenters. The third-order valence-corrected chi connectivity index (χ3v) is 2.98. The Morgan fingerprint density at radius 3 is 2.94 bits per heavy atom. The van der Waals surface area contributed by atoms with E-state index in [0.29, 0.717) is 11.8 Å². The number of pyridine rings is 1. The first-order valence-electron chi connectivity index (χ1n) is 6.10. The summed E-state index contributed by atoms with van der Waals surface area (Å²) in [5, 5.41) is 3.34. The maximum atomic E-state index is 5.80. The molecule has 17 heavy (non-hydrogen) atoms. The summed E-state index contributed by atoms with van der Waals surface area (Å²) in [4.78, 5) is 4.27. The van der Waals surface area contributed by atoms with Crippen LogP contribution in [0.3, 0.4) is 0 Å². The molecule has 1 heterocycles. The Bertz CT molecular complexity index is 314. The highest BCUT2D eigenvalue weighted by molar-refractivity contribution is 6.17. The van der Waals surface area contributed by atoms with E-state index < -0.39 is 0 Å². The highest BCUT2D eigenvalue weighted by Gasteiger charge is 2.09. The van der Waals surface area contributed by atoms with Crippen molar-refractivity contribution >= 4 is 17.4 Å². The SMILES string of the molecule is CCCC(CCCl)CNc1ncccc1OC. The third kappa shape index (κ3) is 4.82. The van der Waals surface area contributed by atoms with E-state index in [2.05, 4.69) is 17.2 Å². The number of rotatable bonds is 8. The van der Waals surface area contributed by atoms with Crippen molar-refractivity contribution in [1.82, 2.24) is 4.98 Å². The van der Waals surface area contributed by atoms with E-state index in [9.17, 15) is 0 Å². The number of nitrogens with one attached hydrogen (secondary N) is 1. The van der Waals surface area contributed by atoms with E-state index >= 15 is 0 Å². The Balaban J connectivity index is 2.52. The lowest BCUT2D eigenvalue weighted by molar-refractivity contribution is 0.413. The van der Waals surface area contributed by atoms with Crippen molar-refractivity contribution in [3.63, 3.8) is 0 Å². The van der Waals surface area contributed by atoms with E-state index in [1.54, 1.807) is 13.3 Å².